The van der Waals surface area contributed by atoms with Gasteiger partial charge < -0.3 is 4.42 Å². The molecule has 55 heavy (non-hydrogen) atoms. The van der Waals surface area contributed by atoms with Crippen molar-refractivity contribution < 1.29 is 4.42 Å². The third-order valence-electron chi connectivity index (χ3n) is 10.6. The smallest absolute Gasteiger partial charge is 0.145 e. The normalized spacial score (nSPS) is 11.6. The molecule has 0 spiro atoms. The van der Waals surface area contributed by atoms with Crippen molar-refractivity contribution in [3.8, 4) is 55.9 Å². The number of benzene rings is 6. The average Bonchev–Trinajstić information content (AvgIpc) is 3.66. The molecule has 0 unspecified atom stereocenters. The van der Waals surface area contributed by atoms with Crippen LogP contribution in [0, 0.1) is 0 Å². The lowest BCUT2D eigenvalue weighted by atomic mass is 9.92. The van der Waals surface area contributed by atoms with Gasteiger partial charge >= 0.3 is 0 Å². The molecule has 5 nitrogen and oxygen atoms in total. The van der Waals surface area contributed by atoms with Gasteiger partial charge in [-0.15, -0.1) is 0 Å². The number of hydrogen-bond acceptors (Lipinski definition) is 5. The molecule has 0 aliphatic rings. The number of furan rings is 1. The molecule has 0 saturated carbocycles. The van der Waals surface area contributed by atoms with E-state index in [9.17, 15) is 0 Å². The lowest BCUT2D eigenvalue weighted by Gasteiger charge is -2.13. The number of hydrogen-bond donors (Lipinski definition) is 0. The van der Waals surface area contributed by atoms with Crippen LogP contribution in [-0.2, 0) is 0 Å². The Morgan fingerprint density at radius 1 is 0.364 bits per heavy atom. The van der Waals surface area contributed by atoms with Gasteiger partial charge in [-0.3, -0.25) is 15.0 Å². The highest BCUT2D eigenvalue weighted by Crippen LogP contribution is 2.45. The predicted molar refractivity (Wildman–Crippen MR) is 225 cm³/mol. The lowest BCUT2D eigenvalue weighted by Crippen LogP contribution is -1.94. The van der Waals surface area contributed by atoms with Crippen molar-refractivity contribution in [1.82, 2.24) is 19.9 Å². The van der Waals surface area contributed by atoms with Crippen molar-refractivity contribution in [2.75, 3.05) is 0 Å². The van der Waals surface area contributed by atoms with E-state index < -0.39 is 0 Å². The Morgan fingerprint density at radius 3 is 1.75 bits per heavy atom. The fraction of sp³-hybridized carbons (Fsp3) is 0. The van der Waals surface area contributed by atoms with Gasteiger partial charge in [0.1, 0.15) is 11.2 Å². The highest BCUT2D eigenvalue weighted by atomic mass is 16.3. The van der Waals surface area contributed by atoms with Gasteiger partial charge in [0, 0.05) is 62.2 Å². The van der Waals surface area contributed by atoms with Crippen molar-refractivity contribution in [2.45, 2.75) is 0 Å². The molecule has 0 fully saturated rings. The largest absolute Gasteiger partial charge is 0.455 e. The zero-order valence-corrected chi connectivity index (χ0v) is 29.5. The second-order valence-electron chi connectivity index (χ2n) is 13.8. The zero-order chi connectivity index (χ0) is 36.3. The highest BCUT2D eigenvalue weighted by molar-refractivity contribution is 6.20. The number of aromatic nitrogens is 4. The predicted octanol–water partition coefficient (Wildman–Crippen LogP) is 13.0. The third-order valence-corrected chi connectivity index (χ3v) is 10.6. The lowest BCUT2D eigenvalue weighted by molar-refractivity contribution is 0.670. The summed E-state index contributed by atoms with van der Waals surface area (Å²) < 4.78 is 6.95. The minimum absolute atomic E-state index is 0.792. The Bertz CT molecular complexity index is 3260. The first kappa shape index (κ1) is 31.1. The molecule has 11 aromatic rings. The van der Waals surface area contributed by atoms with Crippen LogP contribution in [0.3, 0.4) is 0 Å². The quantitative estimate of drug-likeness (QED) is 0.167. The van der Waals surface area contributed by atoms with Crippen LogP contribution in [0.1, 0.15) is 0 Å². The molecule has 5 heterocycles. The summed E-state index contributed by atoms with van der Waals surface area (Å²) in [4.78, 5) is 19.9. The molecular weight excluding hydrogens is 673 g/mol. The molecule has 0 radical (unpaired) electrons. The van der Waals surface area contributed by atoms with E-state index in [1.54, 1.807) is 0 Å². The van der Waals surface area contributed by atoms with Crippen LogP contribution >= 0.6 is 0 Å². The van der Waals surface area contributed by atoms with E-state index >= 15 is 0 Å². The summed E-state index contributed by atoms with van der Waals surface area (Å²) in [7, 11) is 0. The van der Waals surface area contributed by atoms with E-state index in [0.717, 1.165) is 111 Å². The number of rotatable bonds is 5. The van der Waals surface area contributed by atoms with Gasteiger partial charge in [0.15, 0.2) is 0 Å². The molecule has 11 rings (SSSR count). The van der Waals surface area contributed by atoms with E-state index in [4.69, 9.17) is 19.4 Å². The number of pyridine rings is 4. The maximum absolute atomic E-state index is 6.95. The van der Waals surface area contributed by atoms with Gasteiger partial charge in [-0.1, -0.05) is 121 Å². The first-order chi connectivity index (χ1) is 27.3. The van der Waals surface area contributed by atoms with E-state index in [1.165, 1.54) is 0 Å². The highest BCUT2D eigenvalue weighted by Gasteiger charge is 2.22. The number of para-hydroxylation sites is 1. The molecule has 0 saturated heterocycles. The van der Waals surface area contributed by atoms with Gasteiger partial charge in [0.05, 0.1) is 27.9 Å². The maximum atomic E-state index is 6.95. The zero-order valence-electron chi connectivity index (χ0n) is 29.5. The Balaban J connectivity index is 1.20. The monoisotopic (exact) mass is 702 g/mol. The summed E-state index contributed by atoms with van der Waals surface area (Å²) in [5, 5.41) is 5.29. The second-order valence-corrected chi connectivity index (χ2v) is 13.8. The Hall–Kier alpha value is -7.50. The number of fused-ring (bicyclic) bond motifs is 7. The van der Waals surface area contributed by atoms with E-state index in [0.29, 0.717) is 0 Å². The SMILES string of the molecule is c1ccc(-c2cccc3oc4c(-c5cc(-c6cnc7c(ccc8cccnc87)c6)cc(-c6cccc7cccnc67)n5)ccc(-c5ccccc5)c4c23)cc1. The Labute approximate surface area is 316 Å². The van der Waals surface area contributed by atoms with Crippen LogP contribution in [0.25, 0.3) is 111 Å². The summed E-state index contributed by atoms with van der Waals surface area (Å²) in [6, 6.07) is 56.9. The summed E-state index contributed by atoms with van der Waals surface area (Å²) in [6.07, 6.45) is 5.61. The van der Waals surface area contributed by atoms with Gasteiger partial charge in [-0.25, -0.2) is 4.98 Å². The minimum Gasteiger partial charge on any atom is -0.455 e. The number of nitrogens with zero attached hydrogens (tertiary/aromatic N) is 4. The fourth-order valence-corrected chi connectivity index (χ4v) is 8.02. The Morgan fingerprint density at radius 2 is 0.964 bits per heavy atom. The standard InChI is InChI=1S/C50H30N4O/c1-3-11-31(12-4-1)38-18-8-20-44-45(38)46-39(32-13-5-2-6-14-32)23-24-41(50(46)55-44)43-29-36(28-42(54-43)40-19-7-15-33-16-9-25-51-47(33)40)37-27-35-22-21-34-17-10-26-52-48(34)49(35)53-30-37/h1-30H. The molecule has 0 N–H and O–H groups in total. The summed E-state index contributed by atoms with van der Waals surface area (Å²) >= 11 is 0. The average molecular weight is 703 g/mol. The van der Waals surface area contributed by atoms with E-state index in [1.807, 2.05) is 30.7 Å². The van der Waals surface area contributed by atoms with Gasteiger partial charge in [-0.2, -0.15) is 0 Å². The van der Waals surface area contributed by atoms with Crippen LogP contribution in [-0.4, -0.2) is 19.9 Å². The first-order valence-corrected chi connectivity index (χ1v) is 18.4. The first-order valence-electron chi connectivity index (χ1n) is 18.4. The van der Waals surface area contributed by atoms with Gasteiger partial charge in [-0.05, 0) is 70.3 Å². The minimum atomic E-state index is 0.792. The Kier molecular flexibility index (Phi) is 7.10. The van der Waals surface area contributed by atoms with Gasteiger partial charge in [0.25, 0.3) is 0 Å². The second kappa shape index (κ2) is 12.6. The molecule has 0 aliphatic heterocycles. The molecule has 0 aliphatic carbocycles. The van der Waals surface area contributed by atoms with Crippen molar-refractivity contribution >= 4 is 54.6 Å². The van der Waals surface area contributed by atoms with Crippen LogP contribution in [0.2, 0.25) is 0 Å². The van der Waals surface area contributed by atoms with E-state index in [2.05, 4.69) is 157 Å². The molecule has 5 heteroatoms. The third kappa shape index (κ3) is 5.17. The van der Waals surface area contributed by atoms with Gasteiger partial charge in [0.2, 0.25) is 0 Å². The van der Waals surface area contributed by atoms with Crippen molar-refractivity contribution in [2.24, 2.45) is 0 Å². The molecule has 0 bridgehead atoms. The molecule has 5 aromatic heterocycles. The summed E-state index contributed by atoms with van der Waals surface area (Å²) in [5.41, 5.74) is 14.2. The summed E-state index contributed by atoms with van der Waals surface area (Å²) in [5.74, 6) is 0. The van der Waals surface area contributed by atoms with Crippen LogP contribution in [0.4, 0.5) is 0 Å². The van der Waals surface area contributed by atoms with Crippen molar-refractivity contribution in [3.05, 3.63) is 182 Å². The molecule has 0 amide bonds. The van der Waals surface area contributed by atoms with Crippen molar-refractivity contribution in [3.63, 3.8) is 0 Å². The van der Waals surface area contributed by atoms with E-state index in [-0.39, 0.29) is 0 Å². The van der Waals surface area contributed by atoms with Crippen LogP contribution in [0.5, 0.6) is 0 Å². The molecular formula is C50H30N4O. The summed E-state index contributed by atoms with van der Waals surface area (Å²) in [6.45, 7) is 0. The molecule has 256 valence electrons. The topological polar surface area (TPSA) is 64.7 Å². The molecule has 6 aromatic carbocycles. The van der Waals surface area contributed by atoms with Crippen LogP contribution in [0.15, 0.2) is 187 Å². The van der Waals surface area contributed by atoms with Crippen LogP contribution < -0.4 is 0 Å². The fourth-order valence-electron chi connectivity index (χ4n) is 8.02. The molecule has 0 atom stereocenters. The van der Waals surface area contributed by atoms with Crippen molar-refractivity contribution in [1.29, 1.82) is 0 Å². The maximum Gasteiger partial charge on any atom is 0.145 e.